The molecule has 0 radical (unpaired) electrons. The molecule has 2 aliphatic rings. The number of benzene rings is 2. The molecule has 2 saturated heterocycles. The maximum absolute atomic E-state index is 6.41. The van der Waals surface area contributed by atoms with E-state index in [2.05, 4.69) is 62.6 Å². The van der Waals surface area contributed by atoms with Gasteiger partial charge in [0.15, 0.2) is 10.2 Å². The van der Waals surface area contributed by atoms with E-state index < -0.39 is 0 Å². The van der Waals surface area contributed by atoms with Gasteiger partial charge in [-0.1, -0.05) is 36.0 Å². The molecule has 2 fully saturated rings. The summed E-state index contributed by atoms with van der Waals surface area (Å²) in [6.45, 7) is 3.33. The quantitative estimate of drug-likeness (QED) is 0.322. The van der Waals surface area contributed by atoms with Gasteiger partial charge in [-0.3, -0.25) is 4.98 Å². The van der Waals surface area contributed by atoms with Crippen LogP contribution in [0.3, 0.4) is 0 Å². The number of furan rings is 1. The fraction of sp³-hybridized carbons (Fsp3) is 0.214. The van der Waals surface area contributed by atoms with Crippen molar-refractivity contribution in [2.24, 2.45) is 0 Å². The van der Waals surface area contributed by atoms with E-state index in [9.17, 15) is 0 Å². The highest BCUT2D eigenvalue weighted by molar-refractivity contribution is 7.99. The van der Waals surface area contributed by atoms with Crippen molar-refractivity contribution < 1.29 is 9.15 Å². The van der Waals surface area contributed by atoms with Crippen LogP contribution in [0.1, 0.15) is 23.5 Å². The number of pyridine rings is 1. The molecule has 1 N–H and O–H groups in total. The normalized spacial score (nSPS) is 19.9. The number of aromatic nitrogens is 1. The first-order chi connectivity index (χ1) is 17.8. The van der Waals surface area contributed by atoms with Crippen LogP contribution in [0.2, 0.25) is 0 Å². The van der Waals surface area contributed by atoms with Gasteiger partial charge in [0.2, 0.25) is 0 Å². The average molecular weight is 515 g/mol. The molecular formula is C28H26N4O2S2. The predicted molar refractivity (Wildman–Crippen MR) is 147 cm³/mol. The monoisotopic (exact) mass is 514 g/mol. The number of nitrogens with one attached hydrogen (secondary N) is 1. The fourth-order valence-corrected chi connectivity index (χ4v) is 5.87. The Kier molecular flexibility index (Phi) is 6.63. The van der Waals surface area contributed by atoms with Gasteiger partial charge in [0.25, 0.3) is 0 Å². The minimum Gasteiger partial charge on any atom is -0.452 e. The van der Waals surface area contributed by atoms with Crippen molar-refractivity contribution in [3.63, 3.8) is 0 Å². The zero-order valence-corrected chi connectivity index (χ0v) is 21.3. The largest absolute Gasteiger partial charge is 0.452 e. The van der Waals surface area contributed by atoms with Crippen molar-refractivity contribution in [1.82, 2.24) is 10.3 Å². The molecular weight excluding hydrogens is 488 g/mol. The maximum atomic E-state index is 6.41. The van der Waals surface area contributed by atoms with Crippen LogP contribution in [0.25, 0.3) is 0 Å². The molecule has 2 aliphatic heterocycles. The SMILES string of the molecule is S=C1NC(c2ccccn2)C(c2ccc(Sc3ccccc3)o2)N1c1ccc(N2CCOCC2)cc1. The summed E-state index contributed by atoms with van der Waals surface area (Å²) < 4.78 is 11.9. The number of rotatable bonds is 6. The summed E-state index contributed by atoms with van der Waals surface area (Å²) in [7, 11) is 0. The minimum absolute atomic E-state index is 0.140. The second-order valence-corrected chi connectivity index (χ2v) is 10.1. The van der Waals surface area contributed by atoms with Crippen LogP contribution in [-0.4, -0.2) is 36.4 Å². The molecule has 2 atom stereocenters. The van der Waals surface area contributed by atoms with Crippen LogP contribution < -0.4 is 15.1 Å². The third-order valence-corrected chi connectivity index (χ3v) is 7.70. The fourth-order valence-electron chi connectivity index (χ4n) is 4.72. The summed E-state index contributed by atoms with van der Waals surface area (Å²) in [5.41, 5.74) is 3.13. The molecule has 8 heteroatoms. The summed E-state index contributed by atoms with van der Waals surface area (Å²) in [6, 6.07) is 28.6. The lowest BCUT2D eigenvalue weighted by atomic mass is 10.0. The van der Waals surface area contributed by atoms with Crippen molar-refractivity contribution in [2.45, 2.75) is 22.1 Å². The summed E-state index contributed by atoms with van der Waals surface area (Å²) in [4.78, 5) is 10.3. The smallest absolute Gasteiger partial charge is 0.174 e. The van der Waals surface area contributed by atoms with E-state index in [1.54, 1.807) is 11.8 Å². The van der Waals surface area contributed by atoms with Crippen LogP contribution in [0, 0.1) is 0 Å². The molecule has 2 aromatic carbocycles. The minimum atomic E-state index is -0.174. The van der Waals surface area contributed by atoms with Crippen LogP contribution in [0.5, 0.6) is 0 Å². The number of hydrogen-bond donors (Lipinski definition) is 1. The zero-order valence-electron chi connectivity index (χ0n) is 19.6. The van der Waals surface area contributed by atoms with E-state index in [1.165, 1.54) is 5.69 Å². The number of ether oxygens (including phenoxy) is 1. The second-order valence-electron chi connectivity index (χ2n) is 8.68. The van der Waals surface area contributed by atoms with E-state index in [0.29, 0.717) is 5.11 Å². The molecule has 36 heavy (non-hydrogen) atoms. The van der Waals surface area contributed by atoms with Gasteiger partial charge in [-0.15, -0.1) is 0 Å². The van der Waals surface area contributed by atoms with Gasteiger partial charge < -0.3 is 24.3 Å². The number of nitrogens with zero attached hydrogens (tertiary/aromatic N) is 3. The van der Waals surface area contributed by atoms with Gasteiger partial charge in [-0.25, -0.2) is 0 Å². The lowest BCUT2D eigenvalue weighted by molar-refractivity contribution is 0.122. The number of morpholine rings is 1. The lowest BCUT2D eigenvalue weighted by Crippen LogP contribution is -2.36. The third-order valence-electron chi connectivity index (χ3n) is 6.46. The summed E-state index contributed by atoms with van der Waals surface area (Å²) in [5.74, 6) is 0.841. The standard InChI is InChI=1S/C28H26N4O2S2/c35-28-30-26(23-8-4-5-15-29-23)27(24-13-14-25(34-24)36-22-6-2-1-3-7-22)32(28)21-11-9-20(10-12-21)31-16-18-33-19-17-31/h1-15,26-27H,16-19H2,(H,30,35). The van der Waals surface area contributed by atoms with Crippen molar-refractivity contribution in [3.8, 4) is 0 Å². The Morgan fingerprint density at radius 1 is 0.861 bits per heavy atom. The van der Waals surface area contributed by atoms with Crippen molar-refractivity contribution in [1.29, 1.82) is 0 Å². The van der Waals surface area contributed by atoms with E-state index in [0.717, 1.165) is 53.4 Å². The van der Waals surface area contributed by atoms with E-state index in [4.69, 9.17) is 21.4 Å². The molecule has 182 valence electrons. The van der Waals surface area contributed by atoms with Gasteiger partial charge >= 0.3 is 0 Å². The average Bonchev–Trinajstić information content (AvgIpc) is 3.54. The van der Waals surface area contributed by atoms with Gasteiger partial charge in [0.05, 0.1) is 24.9 Å². The summed E-state index contributed by atoms with van der Waals surface area (Å²) in [6.07, 6.45) is 1.82. The molecule has 6 rings (SSSR count). The predicted octanol–water partition coefficient (Wildman–Crippen LogP) is 5.84. The molecule has 0 saturated carbocycles. The number of hydrogen-bond acceptors (Lipinski definition) is 6. The lowest BCUT2D eigenvalue weighted by Gasteiger charge is -2.30. The Balaban J connectivity index is 1.33. The molecule has 0 aliphatic carbocycles. The van der Waals surface area contributed by atoms with E-state index in [-0.39, 0.29) is 12.1 Å². The van der Waals surface area contributed by atoms with Gasteiger partial charge in [0.1, 0.15) is 11.8 Å². The van der Waals surface area contributed by atoms with Crippen molar-refractivity contribution in [2.75, 3.05) is 36.1 Å². The first kappa shape index (κ1) is 23.1. The Hall–Kier alpha value is -3.33. The van der Waals surface area contributed by atoms with E-state index in [1.807, 2.05) is 48.7 Å². The Labute approximate surface area is 220 Å². The van der Waals surface area contributed by atoms with Crippen LogP contribution >= 0.6 is 24.0 Å². The first-order valence-corrected chi connectivity index (χ1v) is 13.2. The molecule has 2 unspecified atom stereocenters. The first-order valence-electron chi connectivity index (χ1n) is 12.0. The van der Waals surface area contributed by atoms with Crippen LogP contribution in [0.4, 0.5) is 11.4 Å². The third kappa shape index (κ3) is 4.72. The zero-order chi connectivity index (χ0) is 24.3. The molecule has 0 amide bonds. The topological polar surface area (TPSA) is 53.8 Å². The maximum Gasteiger partial charge on any atom is 0.174 e. The molecule has 0 spiro atoms. The summed E-state index contributed by atoms with van der Waals surface area (Å²) in [5, 5.41) is 5.01. The number of anilines is 2. The second kappa shape index (κ2) is 10.3. The Bertz CT molecular complexity index is 1310. The highest BCUT2D eigenvalue weighted by Gasteiger charge is 2.42. The molecule has 4 heterocycles. The Morgan fingerprint density at radius 3 is 2.36 bits per heavy atom. The van der Waals surface area contributed by atoms with Crippen LogP contribution in [-0.2, 0) is 4.74 Å². The Morgan fingerprint density at radius 2 is 1.61 bits per heavy atom. The highest BCUT2D eigenvalue weighted by atomic mass is 32.2. The van der Waals surface area contributed by atoms with Gasteiger partial charge in [0, 0.05) is 35.6 Å². The highest BCUT2D eigenvalue weighted by Crippen LogP contribution is 2.43. The van der Waals surface area contributed by atoms with Crippen molar-refractivity contribution in [3.05, 3.63) is 103 Å². The van der Waals surface area contributed by atoms with Crippen LogP contribution in [0.15, 0.2) is 106 Å². The van der Waals surface area contributed by atoms with Crippen molar-refractivity contribution >= 4 is 40.5 Å². The molecule has 2 aromatic heterocycles. The molecule has 0 bridgehead atoms. The number of thiocarbonyl (C=S) groups is 1. The molecule has 6 nitrogen and oxygen atoms in total. The summed E-state index contributed by atoms with van der Waals surface area (Å²) >= 11 is 7.47. The van der Waals surface area contributed by atoms with E-state index >= 15 is 0 Å². The van der Waals surface area contributed by atoms with Gasteiger partial charge in [-0.2, -0.15) is 0 Å². The van der Waals surface area contributed by atoms with Gasteiger partial charge in [-0.05, 0) is 72.9 Å². The molecule has 4 aromatic rings.